The molecule has 4 rings (SSSR count). The molecule has 1 unspecified atom stereocenters. The molecular formula is C21H30ClN5O5. The van der Waals surface area contributed by atoms with Crippen LogP contribution in [0, 0.1) is 0 Å². The maximum atomic E-state index is 12.5. The lowest BCUT2D eigenvalue weighted by atomic mass is 10.1. The lowest BCUT2D eigenvalue weighted by Crippen LogP contribution is -2.71. The Morgan fingerprint density at radius 3 is 2.41 bits per heavy atom. The van der Waals surface area contributed by atoms with Crippen molar-refractivity contribution in [2.45, 2.75) is 31.7 Å². The number of nitrogens with zero attached hydrogens (tertiary/aromatic N) is 4. The standard InChI is InChI=1S/C19H24ClN5O5.C2H6/c20-14-4-3-5-15(12-14)23-10-8-22(9-11-23)13-18(27,28)19(29,30)25-17(26)24-7-2-1-6-16(24)21-25;1-2/h1-7,12,16,21,27-30H,8-11,13H2;1-2H3. The van der Waals surface area contributed by atoms with Gasteiger partial charge in [0.25, 0.3) is 5.79 Å². The number of β-amino-alcohol motifs (C(OH)–C–C–N with tert-alkyl or cyclic N) is 2. The third kappa shape index (κ3) is 4.76. The Hall–Kier alpha value is -2.18. The second kappa shape index (κ2) is 9.75. The van der Waals surface area contributed by atoms with E-state index < -0.39 is 30.4 Å². The van der Waals surface area contributed by atoms with Crippen molar-refractivity contribution in [1.82, 2.24) is 20.2 Å². The van der Waals surface area contributed by atoms with Crippen molar-refractivity contribution in [1.29, 1.82) is 0 Å². The Kier molecular flexibility index (Phi) is 7.46. The Labute approximate surface area is 192 Å². The van der Waals surface area contributed by atoms with Gasteiger partial charge >= 0.3 is 11.9 Å². The SMILES string of the molecule is CC.O=C1N2C=CC=CC2NN1C(O)(O)C(O)(O)CN1CCN(c2cccc(Cl)c2)CC1. The van der Waals surface area contributed by atoms with Gasteiger partial charge in [0.05, 0.1) is 6.54 Å². The number of halogens is 1. The fourth-order valence-corrected chi connectivity index (χ4v) is 3.93. The molecule has 1 aromatic carbocycles. The van der Waals surface area contributed by atoms with Crippen LogP contribution in [0.25, 0.3) is 0 Å². The van der Waals surface area contributed by atoms with Crippen LogP contribution in [0.15, 0.2) is 48.7 Å². The first-order valence-corrected chi connectivity index (χ1v) is 10.9. The van der Waals surface area contributed by atoms with Crippen molar-refractivity contribution >= 4 is 23.3 Å². The first-order valence-electron chi connectivity index (χ1n) is 10.6. The van der Waals surface area contributed by atoms with Crippen LogP contribution < -0.4 is 10.3 Å². The number of hydrogen-bond acceptors (Lipinski definition) is 8. The monoisotopic (exact) mass is 467 g/mol. The van der Waals surface area contributed by atoms with Crippen LogP contribution in [-0.4, -0.2) is 91.9 Å². The average molecular weight is 468 g/mol. The molecule has 11 heteroatoms. The number of allylic oxidation sites excluding steroid dienone is 2. The summed E-state index contributed by atoms with van der Waals surface area (Å²) >= 11 is 6.04. The number of aliphatic hydroxyl groups is 4. The molecule has 10 nitrogen and oxygen atoms in total. The highest BCUT2D eigenvalue weighted by Crippen LogP contribution is 2.29. The number of urea groups is 1. The summed E-state index contributed by atoms with van der Waals surface area (Å²) in [6.07, 6.45) is 5.74. The van der Waals surface area contributed by atoms with Crippen molar-refractivity contribution in [3.05, 3.63) is 53.7 Å². The van der Waals surface area contributed by atoms with E-state index in [0.717, 1.165) is 5.69 Å². The third-order valence-corrected chi connectivity index (χ3v) is 5.70. The highest BCUT2D eigenvalue weighted by molar-refractivity contribution is 6.30. The fraction of sp³-hybridized carbons (Fsp3) is 0.476. The van der Waals surface area contributed by atoms with Gasteiger partial charge in [-0.1, -0.05) is 37.6 Å². The Bertz CT molecular complexity index is 870. The van der Waals surface area contributed by atoms with E-state index in [4.69, 9.17) is 11.6 Å². The van der Waals surface area contributed by atoms with Gasteiger partial charge in [-0.25, -0.2) is 4.79 Å². The van der Waals surface area contributed by atoms with Crippen LogP contribution in [0.1, 0.15) is 13.8 Å². The van der Waals surface area contributed by atoms with E-state index in [1.165, 1.54) is 11.1 Å². The number of anilines is 1. The summed E-state index contributed by atoms with van der Waals surface area (Å²) < 4.78 is 0. The molecular weight excluding hydrogens is 438 g/mol. The smallest absolute Gasteiger partial charge is 0.344 e. The summed E-state index contributed by atoms with van der Waals surface area (Å²) in [7, 11) is 0. The Morgan fingerprint density at radius 2 is 1.78 bits per heavy atom. The number of fused-ring (bicyclic) bond motifs is 1. The number of carbonyl (C=O) groups excluding carboxylic acids is 1. The lowest BCUT2D eigenvalue weighted by molar-refractivity contribution is -0.409. The molecule has 32 heavy (non-hydrogen) atoms. The Morgan fingerprint density at radius 1 is 1.09 bits per heavy atom. The molecule has 2 amide bonds. The van der Waals surface area contributed by atoms with Crippen LogP contribution in [0.3, 0.4) is 0 Å². The van der Waals surface area contributed by atoms with E-state index in [1.807, 2.05) is 32.0 Å². The van der Waals surface area contributed by atoms with Crippen molar-refractivity contribution in [3.8, 4) is 0 Å². The minimum Gasteiger partial charge on any atom is -0.369 e. The number of piperazine rings is 1. The van der Waals surface area contributed by atoms with Crippen LogP contribution in [-0.2, 0) is 0 Å². The normalized spacial score (nSPS) is 21.5. The number of hydrogen-bond donors (Lipinski definition) is 5. The number of rotatable bonds is 5. The molecule has 176 valence electrons. The maximum absolute atomic E-state index is 12.5. The van der Waals surface area contributed by atoms with Crippen molar-refractivity contribution < 1.29 is 25.2 Å². The summed E-state index contributed by atoms with van der Waals surface area (Å²) in [5, 5.41) is 43.1. The lowest BCUT2D eigenvalue weighted by Gasteiger charge is -2.43. The van der Waals surface area contributed by atoms with Crippen molar-refractivity contribution in [2.75, 3.05) is 37.6 Å². The van der Waals surface area contributed by atoms with Gasteiger partial charge in [-0.05, 0) is 30.4 Å². The summed E-state index contributed by atoms with van der Waals surface area (Å²) in [6, 6.07) is 6.64. The number of amides is 2. The molecule has 0 saturated carbocycles. The second-order valence-electron chi connectivity index (χ2n) is 7.52. The van der Waals surface area contributed by atoms with E-state index in [0.29, 0.717) is 36.2 Å². The number of carbonyl (C=O) groups is 1. The predicted octanol–water partition coefficient (Wildman–Crippen LogP) is 0.459. The van der Waals surface area contributed by atoms with Gasteiger partial charge in [0, 0.05) is 43.1 Å². The molecule has 3 aliphatic rings. The summed E-state index contributed by atoms with van der Waals surface area (Å²) in [4.78, 5) is 17.5. The first kappa shape index (κ1) is 24.5. The topological polar surface area (TPSA) is 123 Å². The number of nitrogens with one attached hydrogen (secondary N) is 1. The molecule has 3 aliphatic heterocycles. The molecule has 1 atom stereocenters. The minimum absolute atomic E-state index is 0.430. The van der Waals surface area contributed by atoms with Gasteiger partial charge in [0.2, 0.25) is 0 Å². The number of benzene rings is 1. The van der Waals surface area contributed by atoms with Gasteiger partial charge in [0.15, 0.2) is 0 Å². The van der Waals surface area contributed by atoms with E-state index in [1.54, 1.807) is 29.2 Å². The zero-order chi connectivity index (χ0) is 23.5. The fourth-order valence-electron chi connectivity index (χ4n) is 3.75. The van der Waals surface area contributed by atoms with Gasteiger partial charge < -0.3 is 25.3 Å². The highest BCUT2D eigenvalue weighted by Gasteiger charge is 2.58. The molecule has 0 aliphatic carbocycles. The zero-order valence-corrected chi connectivity index (χ0v) is 18.9. The molecule has 2 fully saturated rings. The molecule has 0 bridgehead atoms. The largest absolute Gasteiger partial charge is 0.369 e. The predicted molar refractivity (Wildman–Crippen MR) is 120 cm³/mol. The van der Waals surface area contributed by atoms with Gasteiger partial charge in [0.1, 0.15) is 6.17 Å². The van der Waals surface area contributed by atoms with E-state index in [2.05, 4.69) is 10.3 Å². The van der Waals surface area contributed by atoms with E-state index >= 15 is 0 Å². The number of hydrazine groups is 1. The third-order valence-electron chi connectivity index (χ3n) is 5.46. The van der Waals surface area contributed by atoms with Crippen LogP contribution in [0.2, 0.25) is 5.02 Å². The molecule has 5 N–H and O–H groups in total. The molecule has 0 aromatic heterocycles. The average Bonchev–Trinajstić information content (AvgIpc) is 3.13. The Balaban J connectivity index is 0.00000141. The maximum Gasteiger partial charge on any atom is 0.344 e. The molecule has 2 saturated heterocycles. The minimum atomic E-state index is -3.26. The molecule has 3 heterocycles. The van der Waals surface area contributed by atoms with Gasteiger partial charge in [-0.3, -0.25) is 9.80 Å². The summed E-state index contributed by atoms with van der Waals surface area (Å²) in [5.41, 5.74) is 3.54. The molecule has 0 spiro atoms. The highest BCUT2D eigenvalue weighted by atomic mass is 35.5. The van der Waals surface area contributed by atoms with Gasteiger partial charge in [-0.15, -0.1) is 0 Å². The summed E-state index contributed by atoms with van der Waals surface area (Å²) in [6.45, 7) is 5.62. The van der Waals surface area contributed by atoms with Crippen LogP contribution in [0.4, 0.5) is 10.5 Å². The van der Waals surface area contributed by atoms with Crippen molar-refractivity contribution in [2.24, 2.45) is 0 Å². The molecule has 0 radical (unpaired) electrons. The van der Waals surface area contributed by atoms with Crippen LogP contribution >= 0.6 is 11.6 Å². The van der Waals surface area contributed by atoms with E-state index in [-0.39, 0.29) is 0 Å². The quantitative estimate of drug-likeness (QED) is 0.396. The van der Waals surface area contributed by atoms with Crippen LogP contribution in [0.5, 0.6) is 0 Å². The first-order chi connectivity index (χ1) is 15.2. The van der Waals surface area contributed by atoms with Crippen molar-refractivity contribution in [3.63, 3.8) is 0 Å². The molecule has 1 aromatic rings. The zero-order valence-electron chi connectivity index (χ0n) is 18.1. The van der Waals surface area contributed by atoms with Gasteiger partial charge in [-0.2, -0.15) is 10.4 Å². The second-order valence-corrected chi connectivity index (χ2v) is 7.96. The summed E-state index contributed by atoms with van der Waals surface area (Å²) in [5.74, 6) is -6.26. The van der Waals surface area contributed by atoms with E-state index in [9.17, 15) is 25.2 Å².